The van der Waals surface area contributed by atoms with Crippen LogP contribution < -0.4 is 5.32 Å². The van der Waals surface area contributed by atoms with Crippen LogP contribution in [-0.2, 0) is 4.79 Å². The molecule has 2 aromatic carbocycles. The van der Waals surface area contributed by atoms with Gasteiger partial charge in [0.15, 0.2) is 0 Å². The maximum atomic E-state index is 13.3. The molecule has 26 heavy (non-hydrogen) atoms. The lowest BCUT2D eigenvalue weighted by atomic mass is 9.95. The Kier molecular flexibility index (Phi) is 5.79. The molecule has 1 heterocycles. The Bertz CT molecular complexity index is 836. The molecule has 0 spiro atoms. The molecule has 0 radical (unpaired) electrons. The van der Waals surface area contributed by atoms with Crippen molar-refractivity contribution < 1.29 is 14.0 Å². The summed E-state index contributed by atoms with van der Waals surface area (Å²) in [5, 5.41) is 3.70. The molecule has 0 aliphatic carbocycles. The van der Waals surface area contributed by atoms with Crippen molar-refractivity contribution in [3.8, 4) is 0 Å². The molecule has 1 N–H and O–H groups in total. The van der Waals surface area contributed by atoms with Crippen molar-refractivity contribution in [2.75, 3.05) is 18.4 Å². The van der Waals surface area contributed by atoms with Gasteiger partial charge in [-0.2, -0.15) is 0 Å². The Balaban J connectivity index is 1.58. The number of rotatable bonds is 3. The van der Waals surface area contributed by atoms with Crippen LogP contribution in [0.4, 0.5) is 10.1 Å². The first-order chi connectivity index (χ1) is 12.4. The highest BCUT2D eigenvalue weighted by Gasteiger charge is 2.28. The maximum absolute atomic E-state index is 13.3. The van der Waals surface area contributed by atoms with Crippen LogP contribution in [0.2, 0.25) is 10.0 Å². The lowest BCUT2D eigenvalue weighted by Gasteiger charge is -2.31. The van der Waals surface area contributed by atoms with E-state index in [-0.39, 0.29) is 17.7 Å². The molecule has 0 unspecified atom stereocenters. The zero-order valence-corrected chi connectivity index (χ0v) is 15.4. The summed E-state index contributed by atoms with van der Waals surface area (Å²) in [6.07, 6.45) is 1.07. The van der Waals surface area contributed by atoms with Gasteiger partial charge < -0.3 is 10.2 Å². The van der Waals surface area contributed by atoms with Gasteiger partial charge in [-0.15, -0.1) is 0 Å². The third-order valence-electron chi connectivity index (χ3n) is 4.41. The van der Waals surface area contributed by atoms with E-state index in [0.717, 1.165) is 0 Å². The highest BCUT2D eigenvalue weighted by Crippen LogP contribution is 2.27. The fraction of sp³-hybridized carbons (Fsp3) is 0.263. The van der Waals surface area contributed by atoms with Crippen molar-refractivity contribution in [3.63, 3.8) is 0 Å². The zero-order valence-electron chi connectivity index (χ0n) is 13.8. The van der Waals surface area contributed by atoms with Gasteiger partial charge in [-0.1, -0.05) is 29.3 Å². The van der Waals surface area contributed by atoms with E-state index in [9.17, 15) is 14.0 Å². The van der Waals surface area contributed by atoms with Crippen molar-refractivity contribution in [1.82, 2.24) is 4.90 Å². The number of carbonyl (C=O) groups excluding carboxylic acids is 2. The second kappa shape index (κ2) is 8.06. The first-order valence-electron chi connectivity index (χ1n) is 8.25. The van der Waals surface area contributed by atoms with Gasteiger partial charge in [-0.3, -0.25) is 9.59 Å². The molecular weight excluding hydrogens is 378 g/mol. The highest BCUT2D eigenvalue weighted by atomic mass is 35.5. The average molecular weight is 395 g/mol. The molecule has 7 heteroatoms. The van der Waals surface area contributed by atoms with Crippen molar-refractivity contribution >= 4 is 40.7 Å². The largest absolute Gasteiger partial charge is 0.339 e. The minimum atomic E-state index is -0.441. The second-order valence-corrected chi connectivity index (χ2v) is 7.03. The number of hydrogen-bond acceptors (Lipinski definition) is 2. The highest BCUT2D eigenvalue weighted by molar-refractivity contribution is 6.35. The summed E-state index contributed by atoms with van der Waals surface area (Å²) in [5.41, 5.74) is 0.793. The van der Waals surface area contributed by atoms with Crippen molar-refractivity contribution in [2.45, 2.75) is 12.8 Å². The minimum Gasteiger partial charge on any atom is -0.339 e. The van der Waals surface area contributed by atoms with Crippen LogP contribution in [-0.4, -0.2) is 29.8 Å². The number of nitrogens with one attached hydrogen (secondary N) is 1. The van der Waals surface area contributed by atoms with Crippen molar-refractivity contribution in [1.29, 1.82) is 0 Å². The van der Waals surface area contributed by atoms with Gasteiger partial charge in [0, 0.05) is 29.6 Å². The predicted octanol–water partition coefficient (Wildman–Crippen LogP) is 4.62. The smallest absolute Gasteiger partial charge is 0.253 e. The Morgan fingerprint density at radius 1 is 1.08 bits per heavy atom. The first kappa shape index (κ1) is 18.7. The Morgan fingerprint density at radius 2 is 1.81 bits per heavy atom. The molecule has 0 aromatic heterocycles. The van der Waals surface area contributed by atoms with Gasteiger partial charge in [-0.05, 0) is 49.2 Å². The summed E-state index contributed by atoms with van der Waals surface area (Å²) in [5.74, 6) is -1.03. The summed E-state index contributed by atoms with van der Waals surface area (Å²) in [6.45, 7) is 0.882. The lowest BCUT2D eigenvalue weighted by Crippen LogP contribution is -2.41. The van der Waals surface area contributed by atoms with E-state index < -0.39 is 5.82 Å². The number of benzene rings is 2. The van der Waals surface area contributed by atoms with Crippen LogP contribution in [0.3, 0.4) is 0 Å². The molecule has 2 amide bonds. The van der Waals surface area contributed by atoms with Gasteiger partial charge >= 0.3 is 0 Å². The van der Waals surface area contributed by atoms with Gasteiger partial charge in [0.25, 0.3) is 5.91 Å². The van der Waals surface area contributed by atoms with E-state index >= 15 is 0 Å². The predicted molar refractivity (Wildman–Crippen MR) is 100 cm³/mol. The molecule has 0 atom stereocenters. The van der Waals surface area contributed by atoms with Crippen LogP contribution in [0, 0.1) is 11.7 Å². The summed E-state index contributed by atoms with van der Waals surface area (Å²) in [6, 6.07) is 10.5. The number of likely N-dealkylation sites (tertiary alicyclic amines) is 1. The maximum Gasteiger partial charge on any atom is 0.253 e. The summed E-state index contributed by atoms with van der Waals surface area (Å²) >= 11 is 12.0. The Labute approximate surface area is 160 Å². The van der Waals surface area contributed by atoms with E-state index in [0.29, 0.717) is 47.2 Å². The van der Waals surface area contributed by atoms with Crippen LogP contribution in [0.15, 0.2) is 42.5 Å². The molecule has 4 nitrogen and oxygen atoms in total. The Morgan fingerprint density at radius 3 is 2.50 bits per heavy atom. The molecule has 2 aromatic rings. The summed E-state index contributed by atoms with van der Waals surface area (Å²) < 4.78 is 13.3. The number of amides is 2. The van der Waals surface area contributed by atoms with Crippen LogP contribution in [0.1, 0.15) is 23.2 Å². The minimum absolute atomic E-state index is 0.146. The van der Waals surface area contributed by atoms with Crippen molar-refractivity contribution in [2.24, 2.45) is 5.92 Å². The third-order valence-corrected chi connectivity index (χ3v) is 4.98. The number of carbonyl (C=O) groups is 2. The normalized spacial score (nSPS) is 15.0. The summed E-state index contributed by atoms with van der Waals surface area (Å²) in [4.78, 5) is 26.5. The Hall–Kier alpha value is -2.11. The number of halogens is 3. The van der Waals surface area contributed by atoms with Crippen LogP contribution in [0.25, 0.3) is 0 Å². The molecule has 1 aliphatic heterocycles. The quantitative estimate of drug-likeness (QED) is 0.825. The van der Waals surface area contributed by atoms with Gasteiger partial charge in [-0.25, -0.2) is 4.39 Å². The van der Waals surface area contributed by atoms with Gasteiger partial charge in [0.05, 0.1) is 10.7 Å². The molecule has 0 bridgehead atoms. The molecule has 1 fully saturated rings. The van der Waals surface area contributed by atoms with Crippen LogP contribution >= 0.6 is 23.2 Å². The topological polar surface area (TPSA) is 49.4 Å². The van der Waals surface area contributed by atoms with E-state index in [1.165, 1.54) is 18.2 Å². The molecule has 1 saturated heterocycles. The van der Waals surface area contributed by atoms with E-state index in [4.69, 9.17) is 23.2 Å². The molecular formula is C19H17Cl2FN2O2. The number of nitrogens with zero attached hydrogens (tertiary/aromatic N) is 1. The average Bonchev–Trinajstić information content (AvgIpc) is 2.64. The number of piperidine rings is 1. The van der Waals surface area contributed by atoms with Crippen LogP contribution in [0.5, 0.6) is 0 Å². The molecule has 1 aliphatic rings. The number of hydrogen-bond donors (Lipinski definition) is 1. The van der Waals surface area contributed by atoms with E-state index in [1.807, 2.05) is 0 Å². The first-order valence-corrected chi connectivity index (χ1v) is 9.00. The number of anilines is 1. The SMILES string of the molecule is O=C(Nc1cc(Cl)ccc1Cl)C1CCN(C(=O)c2cccc(F)c2)CC1. The van der Waals surface area contributed by atoms with Crippen molar-refractivity contribution in [3.05, 3.63) is 63.9 Å². The third kappa shape index (κ3) is 4.34. The van der Waals surface area contributed by atoms with Gasteiger partial charge in [0.1, 0.15) is 5.82 Å². The fourth-order valence-electron chi connectivity index (χ4n) is 2.98. The standard InChI is InChI=1S/C19H17Cl2FN2O2/c20-14-4-5-16(21)17(11-14)23-18(25)12-6-8-24(9-7-12)19(26)13-2-1-3-15(22)10-13/h1-5,10-12H,6-9H2,(H,23,25). The zero-order chi connectivity index (χ0) is 18.7. The molecule has 0 saturated carbocycles. The fourth-order valence-corrected chi connectivity index (χ4v) is 3.31. The molecule has 136 valence electrons. The van der Waals surface area contributed by atoms with E-state index in [2.05, 4.69) is 5.32 Å². The monoisotopic (exact) mass is 394 g/mol. The molecule has 3 rings (SSSR count). The summed E-state index contributed by atoms with van der Waals surface area (Å²) in [7, 11) is 0. The van der Waals surface area contributed by atoms with Gasteiger partial charge in [0.2, 0.25) is 5.91 Å². The van der Waals surface area contributed by atoms with E-state index in [1.54, 1.807) is 29.2 Å². The lowest BCUT2D eigenvalue weighted by molar-refractivity contribution is -0.121. The second-order valence-electron chi connectivity index (χ2n) is 6.19.